The van der Waals surface area contributed by atoms with E-state index in [9.17, 15) is 0 Å². The molecule has 0 fully saturated rings. The van der Waals surface area contributed by atoms with Gasteiger partial charge in [0.25, 0.3) is 0 Å². The van der Waals surface area contributed by atoms with Gasteiger partial charge in [-0.3, -0.25) is 9.67 Å². The summed E-state index contributed by atoms with van der Waals surface area (Å²) in [7, 11) is 0. The van der Waals surface area contributed by atoms with Gasteiger partial charge < -0.3 is 5.73 Å². The van der Waals surface area contributed by atoms with Gasteiger partial charge in [0, 0.05) is 0 Å². The molecule has 4 nitrogen and oxygen atoms in total. The van der Waals surface area contributed by atoms with Crippen LogP contribution in [0.3, 0.4) is 0 Å². The Morgan fingerprint density at radius 1 is 1.31 bits per heavy atom. The Bertz CT molecular complexity index is 491. The van der Waals surface area contributed by atoms with Crippen molar-refractivity contribution in [3.05, 3.63) is 46.5 Å². The normalized spacial score (nSPS) is 9.81. The molecule has 0 aliphatic rings. The Labute approximate surface area is 105 Å². The van der Waals surface area contributed by atoms with Gasteiger partial charge >= 0.3 is 0 Å². The molecule has 2 aromatic rings. The summed E-state index contributed by atoms with van der Waals surface area (Å²) in [6.45, 7) is 1.10. The topological polar surface area (TPSA) is 59.6 Å². The number of halogens is 1. The predicted molar refractivity (Wildman–Crippen MR) is 68.1 cm³/mol. The van der Waals surface area contributed by atoms with E-state index < -0.39 is 0 Å². The average molecular weight is 257 g/mol. The molecule has 0 aliphatic heterocycles. The van der Waals surface area contributed by atoms with Crippen LogP contribution in [0.25, 0.3) is 0 Å². The van der Waals surface area contributed by atoms with Crippen molar-refractivity contribution >= 4 is 24.6 Å². The predicted octanol–water partition coefficient (Wildman–Crippen LogP) is 1.87. The smallest absolute Gasteiger partial charge is 0.195 e. The van der Waals surface area contributed by atoms with Crippen molar-refractivity contribution in [3.8, 4) is 0 Å². The number of hydrogen-bond acceptors (Lipinski definition) is 3. The van der Waals surface area contributed by atoms with E-state index in [1.807, 2.05) is 22.8 Å². The van der Waals surface area contributed by atoms with Crippen molar-refractivity contribution in [2.75, 3.05) is 0 Å². The van der Waals surface area contributed by atoms with Gasteiger partial charge in [0.15, 0.2) is 4.77 Å². The Hall–Kier alpha value is -1.17. The van der Waals surface area contributed by atoms with Gasteiger partial charge in [-0.1, -0.05) is 30.3 Å². The first-order valence-corrected chi connectivity index (χ1v) is 5.10. The van der Waals surface area contributed by atoms with Crippen molar-refractivity contribution in [1.82, 2.24) is 14.8 Å². The maximum Gasteiger partial charge on any atom is 0.195 e. The lowest BCUT2D eigenvalue weighted by atomic mass is 10.2. The maximum absolute atomic E-state index is 5.57. The SMILES string of the molecule is Cl.NCc1n[nH]c(=S)n1Cc1ccccc1. The van der Waals surface area contributed by atoms with E-state index in [0.29, 0.717) is 17.9 Å². The summed E-state index contributed by atoms with van der Waals surface area (Å²) in [5.74, 6) is 0.781. The molecule has 3 N–H and O–H groups in total. The Morgan fingerprint density at radius 3 is 2.62 bits per heavy atom. The van der Waals surface area contributed by atoms with Crippen LogP contribution < -0.4 is 5.73 Å². The fourth-order valence-electron chi connectivity index (χ4n) is 1.44. The van der Waals surface area contributed by atoms with Crippen LogP contribution in [0.5, 0.6) is 0 Å². The number of H-pyrrole nitrogens is 1. The molecule has 0 radical (unpaired) electrons. The van der Waals surface area contributed by atoms with E-state index in [4.69, 9.17) is 18.0 Å². The number of rotatable bonds is 3. The van der Waals surface area contributed by atoms with E-state index in [2.05, 4.69) is 22.3 Å². The molecule has 2 rings (SSSR count). The summed E-state index contributed by atoms with van der Waals surface area (Å²) in [4.78, 5) is 0. The largest absolute Gasteiger partial charge is 0.324 e. The fraction of sp³-hybridized carbons (Fsp3) is 0.200. The van der Waals surface area contributed by atoms with Crippen LogP contribution in [0.2, 0.25) is 0 Å². The van der Waals surface area contributed by atoms with Gasteiger partial charge in [-0.05, 0) is 17.8 Å². The summed E-state index contributed by atoms with van der Waals surface area (Å²) in [6, 6.07) is 10.1. The molecule has 0 saturated carbocycles. The molecule has 0 amide bonds. The Kier molecular flexibility index (Phi) is 4.67. The molecule has 0 bridgehead atoms. The average Bonchev–Trinajstić information content (AvgIpc) is 2.62. The highest BCUT2D eigenvalue weighted by atomic mass is 35.5. The second kappa shape index (κ2) is 5.79. The van der Waals surface area contributed by atoms with Crippen molar-refractivity contribution in [3.63, 3.8) is 0 Å². The van der Waals surface area contributed by atoms with Gasteiger partial charge in [0.2, 0.25) is 0 Å². The molecular formula is C10H13ClN4S. The minimum atomic E-state index is 0. The zero-order valence-corrected chi connectivity index (χ0v) is 10.2. The van der Waals surface area contributed by atoms with Gasteiger partial charge in [0.05, 0.1) is 13.1 Å². The molecule has 86 valence electrons. The number of nitrogens with two attached hydrogens (primary N) is 1. The monoisotopic (exact) mass is 256 g/mol. The standard InChI is InChI=1S/C10H12N4S.ClH/c11-6-9-12-13-10(15)14(9)7-8-4-2-1-3-5-8;/h1-5H,6-7,11H2,(H,13,15);1H. The van der Waals surface area contributed by atoms with Crippen molar-refractivity contribution in [2.24, 2.45) is 5.73 Å². The number of aromatic nitrogens is 3. The highest BCUT2D eigenvalue weighted by Crippen LogP contribution is 2.05. The summed E-state index contributed by atoms with van der Waals surface area (Å²) in [5.41, 5.74) is 6.75. The number of benzene rings is 1. The van der Waals surface area contributed by atoms with Crippen molar-refractivity contribution < 1.29 is 0 Å². The van der Waals surface area contributed by atoms with Crippen LogP contribution in [0.1, 0.15) is 11.4 Å². The fourth-order valence-corrected chi connectivity index (χ4v) is 1.65. The van der Waals surface area contributed by atoms with Gasteiger partial charge in [-0.25, -0.2) is 0 Å². The molecular weight excluding hydrogens is 244 g/mol. The second-order valence-electron chi connectivity index (χ2n) is 3.22. The molecule has 6 heteroatoms. The van der Waals surface area contributed by atoms with Gasteiger partial charge in [0.1, 0.15) is 5.82 Å². The maximum atomic E-state index is 5.57. The molecule has 1 aromatic carbocycles. The highest BCUT2D eigenvalue weighted by Gasteiger charge is 2.03. The minimum Gasteiger partial charge on any atom is -0.324 e. The van der Waals surface area contributed by atoms with Crippen LogP contribution in [0.4, 0.5) is 0 Å². The van der Waals surface area contributed by atoms with E-state index in [1.54, 1.807) is 0 Å². The Morgan fingerprint density at radius 2 is 2.00 bits per heavy atom. The van der Waals surface area contributed by atoms with Crippen LogP contribution >= 0.6 is 24.6 Å². The van der Waals surface area contributed by atoms with Gasteiger partial charge in [-0.2, -0.15) is 5.10 Å². The number of nitrogens with zero attached hydrogens (tertiary/aromatic N) is 2. The number of aromatic amines is 1. The lowest BCUT2D eigenvalue weighted by molar-refractivity contribution is 0.717. The zero-order chi connectivity index (χ0) is 10.7. The third-order valence-electron chi connectivity index (χ3n) is 2.20. The van der Waals surface area contributed by atoms with Crippen molar-refractivity contribution in [2.45, 2.75) is 13.1 Å². The number of hydrogen-bond donors (Lipinski definition) is 2. The van der Waals surface area contributed by atoms with Crippen molar-refractivity contribution in [1.29, 1.82) is 0 Å². The summed E-state index contributed by atoms with van der Waals surface area (Å²) in [6.07, 6.45) is 0. The minimum absolute atomic E-state index is 0. The summed E-state index contributed by atoms with van der Waals surface area (Å²) >= 11 is 5.13. The second-order valence-corrected chi connectivity index (χ2v) is 3.61. The molecule has 0 spiro atoms. The zero-order valence-electron chi connectivity index (χ0n) is 8.59. The van der Waals surface area contributed by atoms with Crippen LogP contribution in [0.15, 0.2) is 30.3 Å². The molecule has 0 saturated heterocycles. The lowest BCUT2D eigenvalue weighted by Gasteiger charge is -2.04. The first-order valence-electron chi connectivity index (χ1n) is 4.69. The lowest BCUT2D eigenvalue weighted by Crippen LogP contribution is -2.09. The van der Waals surface area contributed by atoms with Crippen LogP contribution in [-0.4, -0.2) is 14.8 Å². The Balaban J connectivity index is 0.00000128. The molecule has 1 heterocycles. The summed E-state index contributed by atoms with van der Waals surface area (Å²) in [5, 5.41) is 6.80. The van der Waals surface area contributed by atoms with Gasteiger partial charge in [-0.15, -0.1) is 12.4 Å². The van der Waals surface area contributed by atoms with E-state index in [-0.39, 0.29) is 12.4 Å². The molecule has 16 heavy (non-hydrogen) atoms. The van der Waals surface area contributed by atoms with Crippen LogP contribution in [0, 0.1) is 4.77 Å². The van der Waals surface area contributed by atoms with Crippen LogP contribution in [-0.2, 0) is 13.1 Å². The molecule has 0 aliphatic carbocycles. The summed E-state index contributed by atoms with van der Waals surface area (Å²) < 4.78 is 2.52. The third kappa shape index (κ3) is 2.69. The first-order chi connectivity index (χ1) is 7.31. The molecule has 1 aromatic heterocycles. The molecule has 0 unspecified atom stereocenters. The number of nitrogens with one attached hydrogen (secondary N) is 1. The van der Waals surface area contributed by atoms with E-state index in [0.717, 1.165) is 5.82 Å². The van der Waals surface area contributed by atoms with E-state index >= 15 is 0 Å². The third-order valence-corrected chi connectivity index (χ3v) is 2.52. The quantitative estimate of drug-likeness (QED) is 0.825. The molecule has 0 atom stereocenters. The van der Waals surface area contributed by atoms with E-state index in [1.165, 1.54) is 5.56 Å². The highest BCUT2D eigenvalue weighted by molar-refractivity contribution is 7.71. The first kappa shape index (κ1) is 12.9.